The van der Waals surface area contributed by atoms with Crippen molar-refractivity contribution in [3.8, 4) is 11.5 Å². The minimum atomic E-state index is -0.479. The van der Waals surface area contributed by atoms with Crippen LogP contribution in [0.4, 0.5) is 0 Å². The number of rotatable bonds is 0. The Morgan fingerprint density at radius 1 is 0.526 bits per heavy atom. The molecule has 0 fully saturated rings. The van der Waals surface area contributed by atoms with Gasteiger partial charge < -0.3 is 10.2 Å². The van der Waals surface area contributed by atoms with Gasteiger partial charge in [0.05, 0.1) is 22.1 Å². The molecule has 4 heterocycles. The molecule has 0 aliphatic heterocycles. The molecule has 38 heavy (non-hydrogen) atoms. The average molecular weight is 588 g/mol. The molecule has 0 spiro atoms. The fraction of sp³-hybridized carbons (Fsp3) is 0.0714. The van der Waals surface area contributed by atoms with Crippen LogP contribution in [-0.4, -0.2) is 19.0 Å². The quantitative estimate of drug-likeness (QED) is 0.180. The summed E-state index contributed by atoms with van der Waals surface area (Å²) in [5.41, 5.74) is 3.51. The molecule has 192 valence electrons. The van der Waals surface area contributed by atoms with Gasteiger partial charge in [0.2, 0.25) is 0 Å². The lowest BCUT2D eigenvalue weighted by atomic mass is 10.1. The van der Waals surface area contributed by atoms with Gasteiger partial charge in [-0.25, -0.2) is 0 Å². The van der Waals surface area contributed by atoms with Crippen molar-refractivity contribution in [2.75, 3.05) is 0 Å². The van der Waals surface area contributed by atoms with Crippen molar-refractivity contribution in [1.82, 2.24) is 8.80 Å². The van der Waals surface area contributed by atoms with Crippen LogP contribution in [0.1, 0.15) is 11.1 Å². The molecule has 0 saturated carbocycles. The third kappa shape index (κ3) is 4.14. The molecule has 0 aliphatic rings. The third-order valence-electron chi connectivity index (χ3n) is 6.23. The molecule has 2 N–H and O–H groups in total. The lowest BCUT2D eigenvalue weighted by Gasteiger charge is -2.10. The first-order chi connectivity index (χ1) is 18.0. The molecule has 0 unspecified atom stereocenters. The number of aryl methyl sites for hydroxylation is 2. The van der Waals surface area contributed by atoms with E-state index >= 15 is 0 Å². The molecule has 0 saturated heterocycles. The van der Waals surface area contributed by atoms with E-state index in [9.17, 15) is 19.8 Å². The van der Waals surface area contributed by atoms with Gasteiger partial charge in [-0.2, -0.15) is 0 Å². The predicted octanol–water partition coefficient (Wildman–Crippen LogP) is 7.55. The Morgan fingerprint density at radius 3 is 1.24 bits per heavy atom. The summed E-state index contributed by atoms with van der Waals surface area (Å²) < 4.78 is 2.83. The van der Waals surface area contributed by atoms with E-state index in [1.54, 1.807) is 12.1 Å². The number of aromatic hydroxyl groups is 2. The summed E-state index contributed by atoms with van der Waals surface area (Å²) in [6.45, 7) is 3.95. The highest BCUT2D eigenvalue weighted by molar-refractivity contribution is 6.39. The fourth-order valence-electron chi connectivity index (χ4n) is 4.38. The molecule has 2 aromatic carbocycles. The van der Waals surface area contributed by atoms with Crippen molar-refractivity contribution in [2.45, 2.75) is 13.8 Å². The van der Waals surface area contributed by atoms with Crippen LogP contribution in [0.25, 0.3) is 32.8 Å². The van der Waals surface area contributed by atoms with Crippen molar-refractivity contribution in [1.29, 1.82) is 0 Å². The summed E-state index contributed by atoms with van der Waals surface area (Å²) in [6.07, 6.45) is 0. The Hall–Kier alpha value is -3.42. The maximum absolute atomic E-state index is 12.2. The Bertz CT molecular complexity index is 1920. The summed E-state index contributed by atoms with van der Waals surface area (Å²) >= 11 is 23.7. The zero-order valence-electron chi connectivity index (χ0n) is 19.9. The number of halogens is 4. The number of nitrogens with zero attached hydrogens (tertiary/aromatic N) is 2. The van der Waals surface area contributed by atoms with E-state index in [0.717, 1.165) is 21.9 Å². The zero-order valence-corrected chi connectivity index (χ0v) is 22.9. The van der Waals surface area contributed by atoms with Gasteiger partial charge in [-0.3, -0.25) is 18.4 Å². The molecule has 0 bridgehead atoms. The van der Waals surface area contributed by atoms with Crippen LogP contribution >= 0.6 is 46.4 Å². The third-order valence-corrected chi connectivity index (χ3v) is 7.66. The fourth-order valence-corrected chi connectivity index (χ4v) is 5.32. The monoisotopic (exact) mass is 586 g/mol. The van der Waals surface area contributed by atoms with Crippen LogP contribution in [0, 0.1) is 13.8 Å². The minimum Gasteiger partial charge on any atom is -0.505 e. The topological polar surface area (TPSA) is 83.4 Å². The van der Waals surface area contributed by atoms with Gasteiger partial charge in [-0.05, 0) is 61.0 Å². The molecule has 0 amide bonds. The summed E-state index contributed by atoms with van der Waals surface area (Å²) in [6, 6.07) is 18.5. The van der Waals surface area contributed by atoms with E-state index in [4.69, 9.17) is 46.4 Å². The van der Waals surface area contributed by atoms with Crippen LogP contribution in [0.2, 0.25) is 20.1 Å². The van der Waals surface area contributed by atoms with E-state index in [-0.39, 0.29) is 31.6 Å². The number of pyridine rings is 4. The second-order valence-electron chi connectivity index (χ2n) is 8.80. The number of fused-ring (bicyclic) bond motifs is 6. The highest BCUT2D eigenvalue weighted by atomic mass is 35.5. The highest BCUT2D eigenvalue weighted by Crippen LogP contribution is 2.34. The lowest BCUT2D eigenvalue weighted by molar-refractivity contribution is 0.474. The van der Waals surface area contributed by atoms with E-state index in [0.29, 0.717) is 22.1 Å². The molecule has 10 heteroatoms. The largest absolute Gasteiger partial charge is 0.505 e. The van der Waals surface area contributed by atoms with Crippen molar-refractivity contribution < 1.29 is 10.2 Å². The molecular weight excluding hydrogens is 570 g/mol. The number of hydrogen-bond donors (Lipinski definition) is 2. The van der Waals surface area contributed by atoms with Gasteiger partial charge in [0.25, 0.3) is 11.1 Å². The second kappa shape index (κ2) is 9.71. The summed E-state index contributed by atoms with van der Waals surface area (Å²) in [4.78, 5) is 24.4. The van der Waals surface area contributed by atoms with E-state index in [1.807, 2.05) is 62.4 Å². The first-order valence-electron chi connectivity index (χ1n) is 11.3. The van der Waals surface area contributed by atoms with Crippen LogP contribution in [0.3, 0.4) is 0 Å². The molecule has 6 rings (SSSR count). The number of benzene rings is 2. The molecule has 0 aliphatic carbocycles. The first kappa shape index (κ1) is 26.2. The van der Waals surface area contributed by atoms with Crippen LogP contribution in [0.5, 0.6) is 11.5 Å². The smallest absolute Gasteiger partial charge is 0.278 e. The normalized spacial score (nSPS) is 11.3. The molecule has 0 atom stereocenters. The van der Waals surface area contributed by atoms with Crippen LogP contribution in [-0.2, 0) is 0 Å². The molecule has 0 radical (unpaired) electrons. The highest BCUT2D eigenvalue weighted by Gasteiger charge is 2.17. The van der Waals surface area contributed by atoms with Gasteiger partial charge in [0.15, 0.2) is 11.5 Å². The Kier molecular flexibility index (Phi) is 6.70. The van der Waals surface area contributed by atoms with Gasteiger partial charge in [-0.1, -0.05) is 81.8 Å². The van der Waals surface area contributed by atoms with Crippen molar-refractivity contribution in [2.24, 2.45) is 0 Å². The summed E-state index contributed by atoms with van der Waals surface area (Å²) in [5.74, 6) is -0.750. The van der Waals surface area contributed by atoms with Crippen molar-refractivity contribution in [3.05, 3.63) is 113 Å². The predicted molar refractivity (Wildman–Crippen MR) is 155 cm³/mol. The molecule has 6 nitrogen and oxygen atoms in total. The van der Waals surface area contributed by atoms with E-state index in [1.165, 1.54) is 8.80 Å². The average Bonchev–Trinajstić information content (AvgIpc) is 2.91. The first-order valence-corrected chi connectivity index (χ1v) is 12.8. The minimum absolute atomic E-state index is 0.0760. The zero-order chi connectivity index (χ0) is 27.5. The Labute approximate surface area is 235 Å². The molecular formula is C28H18Cl4N2O4. The van der Waals surface area contributed by atoms with Gasteiger partial charge >= 0.3 is 0 Å². The van der Waals surface area contributed by atoms with E-state index < -0.39 is 11.1 Å². The Balaban J connectivity index is 0.000000155. The van der Waals surface area contributed by atoms with Crippen molar-refractivity contribution >= 4 is 79.2 Å². The molecule has 4 aromatic heterocycles. The Morgan fingerprint density at radius 2 is 0.868 bits per heavy atom. The SMILES string of the molecule is Cc1ccc2c(ccc3c(Cl)c(O)c(Cl)c(=O)n32)c1.Cc1ccc2c(ccc3c(Cl)c(O)c(Cl)c(=O)n32)c1. The van der Waals surface area contributed by atoms with Gasteiger partial charge in [0.1, 0.15) is 20.1 Å². The number of aromatic nitrogens is 2. The summed E-state index contributed by atoms with van der Waals surface area (Å²) in [7, 11) is 0. The van der Waals surface area contributed by atoms with E-state index in [2.05, 4.69) is 0 Å². The number of hydrogen-bond acceptors (Lipinski definition) is 4. The standard InChI is InChI=1S/2C14H9Cl2NO2/c2*1-7-2-4-9-8(6-7)3-5-10-11(15)13(18)12(16)14(19)17(9)10/h2*2-6,18H,1H3. The maximum Gasteiger partial charge on any atom is 0.278 e. The van der Waals surface area contributed by atoms with Crippen LogP contribution in [0.15, 0.2) is 70.3 Å². The van der Waals surface area contributed by atoms with Gasteiger partial charge in [0, 0.05) is 0 Å². The second-order valence-corrected chi connectivity index (χ2v) is 10.3. The van der Waals surface area contributed by atoms with Crippen molar-refractivity contribution in [3.63, 3.8) is 0 Å². The summed E-state index contributed by atoms with van der Waals surface area (Å²) in [5, 5.41) is 20.9. The van der Waals surface area contributed by atoms with Gasteiger partial charge in [-0.15, -0.1) is 0 Å². The molecule has 6 aromatic rings. The van der Waals surface area contributed by atoms with Crippen LogP contribution < -0.4 is 11.1 Å². The maximum atomic E-state index is 12.2. The lowest BCUT2D eigenvalue weighted by Crippen LogP contribution is -2.15.